The third-order valence-corrected chi connectivity index (χ3v) is 5.00. The van der Waals surface area contributed by atoms with E-state index in [-0.39, 0.29) is 29.8 Å². The molecule has 1 aromatic heterocycles. The fraction of sp³-hybridized carbons (Fsp3) is 0.474. The summed E-state index contributed by atoms with van der Waals surface area (Å²) in [4.78, 5) is 26.8. The number of rotatable bonds is 4. The van der Waals surface area contributed by atoms with Crippen molar-refractivity contribution in [1.29, 1.82) is 0 Å². The SMILES string of the molecule is CC(NC(=O)C1CCCN1C(=O)C1CC1)c1cc2ccccc2o1. The topological polar surface area (TPSA) is 62.6 Å². The number of amides is 2. The molecule has 2 amide bonds. The van der Waals surface area contributed by atoms with Crippen molar-refractivity contribution in [3.63, 3.8) is 0 Å². The van der Waals surface area contributed by atoms with Crippen LogP contribution in [0, 0.1) is 5.92 Å². The third kappa shape index (κ3) is 2.79. The number of carbonyl (C=O) groups is 2. The molecule has 5 nitrogen and oxygen atoms in total. The highest BCUT2D eigenvalue weighted by atomic mass is 16.3. The molecule has 0 radical (unpaired) electrons. The Hall–Kier alpha value is -2.30. The molecule has 2 fully saturated rings. The van der Waals surface area contributed by atoms with E-state index in [0.29, 0.717) is 6.54 Å². The number of fused-ring (bicyclic) bond motifs is 1. The van der Waals surface area contributed by atoms with Crippen LogP contribution >= 0.6 is 0 Å². The maximum atomic E-state index is 12.7. The van der Waals surface area contributed by atoms with Crippen LogP contribution in [0.15, 0.2) is 34.7 Å². The molecule has 1 aliphatic heterocycles. The first-order valence-corrected chi connectivity index (χ1v) is 8.73. The number of hydrogen-bond donors (Lipinski definition) is 1. The van der Waals surface area contributed by atoms with Crippen molar-refractivity contribution in [1.82, 2.24) is 10.2 Å². The predicted molar refractivity (Wildman–Crippen MR) is 90.2 cm³/mol. The van der Waals surface area contributed by atoms with Gasteiger partial charge in [0.25, 0.3) is 0 Å². The molecule has 24 heavy (non-hydrogen) atoms. The third-order valence-electron chi connectivity index (χ3n) is 5.00. The molecule has 126 valence electrons. The summed E-state index contributed by atoms with van der Waals surface area (Å²) in [6, 6.07) is 9.21. The van der Waals surface area contributed by atoms with Crippen LogP contribution in [0.25, 0.3) is 11.0 Å². The van der Waals surface area contributed by atoms with Crippen molar-refractivity contribution in [2.75, 3.05) is 6.54 Å². The highest BCUT2D eigenvalue weighted by molar-refractivity contribution is 5.90. The molecule has 1 saturated heterocycles. The second-order valence-corrected chi connectivity index (χ2v) is 6.88. The van der Waals surface area contributed by atoms with E-state index >= 15 is 0 Å². The maximum absolute atomic E-state index is 12.7. The summed E-state index contributed by atoms with van der Waals surface area (Å²) in [6.45, 7) is 2.62. The number of benzene rings is 1. The van der Waals surface area contributed by atoms with Crippen LogP contribution in [-0.4, -0.2) is 29.3 Å². The summed E-state index contributed by atoms with van der Waals surface area (Å²) in [5.41, 5.74) is 0.819. The normalized spacial score (nSPS) is 21.9. The van der Waals surface area contributed by atoms with Crippen molar-refractivity contribution in [3.8, 4) is 0 Å². The van der Waals surface area contributed by atoms with Gasteiger partial charge in [0.1, 0.15) is 17.4 Å². The summed E-state index contributed by atoms with van der Waals surface area (Å²) in [7, 11) is 0. The van der Waals surface area contributed by atoms with Crippen LogP contribution in [0.3, 0.4) is 0 Å². The van der Waals surface area contributed by atoms with Gasteiger partial charge in [-0.2, -0.15) is 0 Å². The van der Waals surface area contributed by atoms with Gasteiger partial charge in [-0.1, -0.05) is 18.2 Å². The summed E-state index contributed by atoms with van der Waals surface area (Å²) in [5, 5.41) is 4.04. The number of carbonyl (C=O) groups excluding carboxylic acids is 2. The Bertz CT molecular complexity index is 745. The Morgan fingerprint density at radius 3 is 2.79 bits per heavy atom. The minimum absolute atomic E-state index is 0.0746. The van der Waals surface area contributed by atoms with Crippen LogP contribution in [0.5, 0.6) is 0 Å². The van der Waals surface area contributed by atoms with Gasteiger partial charge in [0, 0.05) is 17.8 Å². The summed E-state index contributed by atoms with van der Waals surface area (Å²) >= 11 is 0. The van der Waals surface area contributed by atoms with E-state index < -0.39 is 0 Å². The lowest BCUT2D eigenvalue weighted by atomic mass is 10.1. The highest BCUT2D eigenvalue weighted by Crippen LogP contribution is 2.34. The van der Waals surface area contributed by atoms with E-state index in [1.165, 1.54) is 0 Å². The number of likely N-dealkylation sites (tertiary alicyclic amines) is 1. The average Bonchev–Trinajstić information content (AvgIpc) is 3.15. The molecule has 2 heterocycles. The number of furan rings is 1. The van der Waals surface area contributed by atoms with Crippen molar-refractivity contribution >= 4 is 22.8 Å². The van der Waals surface area contributed by atoms with Crippen molar-refractivity contribution < 1.29 is 14.0 Å². The van der Waals surface area contributed by atoms with Crippen molar-refractivity contribution in [2.24, 2.45) is 5.92 Å². The van der Waals surface area contributed by atoms with Gasteiger partial charge in [0.15, 0.2) is 0 Å². The van der Waals surface area contributed by atoms with Crippen molar-refractivity contribution in [2.45, 2.75) is 44.7 Å². The first kappa shape index (κ1) is 15.2. The van der Waals surface area contributed by atoms with Crippen LogP contribution in [-0.2, 0) is 9.59 Å². The fourth-order valence-electron chi connectivity index (χ4n) is 3.46. The largest absolute Gasteiger partial charge is 0.459 e. The molecule has 5 heteroatoms. The van der Waals surface area contributed by atoms with E-state index in [1.807, 2.05) is 37.3 Å². The lowest BCUT2D eigenvalue weighted by Crippen LogP contribution is -2.47. The smallest absolute Gasteiger partial charge is 0.243 e. The second kappa shape index (κ2) is 5.96. The summed E-state index contributed by atoms with van der Waals surface area (Å²) < 4.78 is 5.82. The van der Waals surface area contributed by atoms with Gasteiger partial charge in [0.05, 0.1) is 6.04 Å². The van der Waals surface area contributed by atoms with E-state index in [9.17, 15) is 9.59 Å². The van der Waals surface area contributed by atoms with Crippen LogP contribution < -0.4 is 5.32 Å². The van der Waals surface area contributed by atoms with Gasteiger partial charge < -0.3 is 14.6 Å². The predicted octanol–water partition coefficient (Wildman–Crippen LogP) is 3.01. The highest BCUT2D eigenvalue weighted by Gasteiger charge is 2.41. The average molecular weight is 326 g/mol. The zero-order valence-corrected chi connectivity index (χ0v) is 13.8. The van der Waals surface area contributed by atoms with Crippen LogP contribution in [0.4, 0.5) is 0 Å². The van der Waals surface area contributed by atoms with Gasteiger partial charge in [-0.3, -0.25) is 9.59 Å². The standard InChI is InChI=1S/C19H22N2O3/c1-12(17-11-14-5-2-3-7-16(14)24-17)20-18(22)15-6-4-10-21(15)19(23)13-8-9-13/h2-3,5,7,11-13,15H,4,6,8-10H2,1H3,(H,20,22). The monoisotopic (exact) mass is 326 g/mol. The quantitative estimate of drug-likeness (QED) is 0.939. The molecule has 1 aromatic carbocycles. The van der Waals surface area contributed by atoms with Gasteiger partial charge >= 0.3 is 0 Å². The molecule has 2 aromatic rings. The molecule has 2 unspecified atom stereocenters. The summed E-state index contributed by atoms with van der Waals surface area (Å²) in [6.07, 6.45) is 3.59. The second-order valence-electron chi connectivity index (χ2n) is 6.88. The Kier molecular flexibility index (Phi) is 3.79. The molecule has 0 spiro atoms. The first-order chi connectivity index (χ1) is 11.6. The van der Waals surface area contributed by atoms with E-state index in [4.69, 9.17) is 4.42 Å². The minimum Gasteiger partial charge on any atom is -0.459 e. The number of hydrogen-bond acceptors (Lipinski definition) is 3. The molecule has 1 N–H and O–H groups in total. The molecule has 2 atom stereocenters. The van der Waals surface area contributed by atoms with Crippen LogP contribution in [0.1, 0.15) is 44.4 Å². The van der Waals surface area contributed by atoms with E-state index in [1.54, 1.807) is 4.90 Å². The van der Waals surface area contributed by atoms with E-state index in [2.05, 4.69) is 5.32 Å². The van der Waals surface area contributed by atoms with Gasteiger partial charge in [0.2, 0.25) is 11.8 Å². The molecule has 1 saturated carbocycles. The molecular formula is C19H22N2O3. The minimum atomic E-state index is -0.329. The Morgan fingerprint density at radius 1 is 1.25 bits per heavy atom. The van der Waals surface area contributed by atoms with Gasteiger partial charge in [-0.05, 0) is 44.7 Å². The Balaban J connectivity index is 1.45. The number of para-hydroxylation sites is 1. The molecule has 4 rings (SSSR count). The van der Waals surface area contributed by atoms with Gasteiger partial charge in [-0.25, -0.2) is 0 Å². The van der Waals surface area contributed by atoms with Crippen LogP contribution in [0.2, 0.25) is 0 Å². The fourth-order valence-corrected chi connectivity index (χ4v) is 3.46. The number of nitrogens with one attached hydrogen (secondary N) is 1. The molecule has 1 aliphatic carbocycles. The zero-order valence-electron chi connectivity index (χ0n) is 13.8. The molecule has 0 bridgehead atoms. The first-order valence-electron chi connectivity index (χ1n) is 8.73. The summed E-state index contributed by atoms with van der Waals surface area (Å²) in [5.74, 6) is 0.979. The van der Waals surface area contributed by atoms with Gasteiger partial charge in [-0.15, -0.1) is 0 Å². The lowest BCUT2D eigenvalue weighted by Gasteiger charge is -2.25. The van der Waals surface area contributed by atoms with E-state index in [0.717, 1.165) is 42.4 Å². The molecular weight excluding hydrogens is 304 g/mol. The number of nitrogens with zero attached hydrogens (tertiary/aromatic N) is 1. The lowest BCUT2D eigenvalue weighted by molar-refractivity contribution is -0.139. The molecule has 2 aliphatic rings. The zero-order chi connectivity index (χ0) is 16.7. The Morgan fingerprint density at radius 2 is 2.04 bits per heavy atom. The van der Waals surface area contributed by atoms with Crippen molar-refractivity contribution in [3.05, 3.63) is 36.1 Å². The maximum Gasteiger partial charge on any atom is 0.243 e. The Labute approximate surface area is 141 Å².